The minimum absolute atomic E-state index is 0.0117. The number of hydrogen-bond acceptors (Lipinski definition) is 5. The highest BCUT2D eigenvalue weighted by molar-refractivity contribution is 5.74. The molecule has 27 heavy (non-hydrogen) atoms. The highest BCUT2D eigenvalue weighted by Gasteiger charge is 2.27. The minimum atomic E-state index is -0.0117. The van der Waals surface area contributed by atoms with Crippen LogP contribution in [-0.4, -0.2) is 57.4 Å². The van der Waals surface area contributed by atoms with Gasteiger partial charge in [-0.1, -0.05) is 24.6 Å². The van der Waals surface area contributed by atoms with Crippen molar-refractivity contribution in [3.63, 3.8) is 0 Å². The smallest absolute Gasteiger partial charge is 0.317 e. The van der Waals surface area contributed by atoms with E-state index in [1.807, 2.05) is 29.2 Å². The van der Waals surface area contributed by atoms with Gasteiger partial charge in [0, 0.05) is 31.8 Å². The fraction of sp³-hybridized carbons (Fsp3) is 0.579. The van der Waals surface area contributed by atoms with Gasteiger partial charge in [-0.15, -0.1) is 10.2 Å². The molecule has 144 valence electrons. The first-order chi connectivity index (χ1) is 13.3. The molecule has 2 heterocycles. The van der Waals surface area contributed by atoms with Gasteiger partial charge in [-0.25, -0.2) is 4.79 Å². The second kappa shape index (κ2) is 8.47. The maximum atomic E-state index is 12.8. The first-order valence-electron chi connectivity index (χ1n) is 9.75. The summed E-state index contributed by atoms with van der Waals surface area (Å²) >= 11 is 0. The predicted octanol–water partition coefficient (Wildman–Crippen LogP) is 2.36. The highest BCUT2D eigenvalue weighted by Crippen LogP contribution is 2.27. The van der Waals surface area contributed by atoms with Crippen molar-refractivity contribution in [3.05, 3.63) is 29.8 Å². The molecule has 4 rings (SSSR count). The van der Waals surface area contributed by atoms with Gasteiger partial charge in [-0.05, 0) is 48.4 Å². The second-order valence-electron chi connectivity index (χ2n) is 7.43. The number of H-pyrrole nitrogens is 1. The van der Waals surface area contributed by atoms with Crippen LogP contribution in [-0.2, 0) is 11.3 Å². The van der Waals surface area contributed by atoms with Gasteiger partial charge in [0.2, 0.25) is 5.82 Å². The summed E-state index contributed by atoms with van der Waals surface area (Å²) in [7, 11) is 0. The summed E-state index contributed by atoms with van der Waals surface area (Å²) in [6, 6.07) is 7.81. The summed E-state index contributed by atoms with van der Waals surface area (Å²) in [5.74, 6) is 1.19. The number of carbonyl (C=O) groups excluding carboxylic acids is 1. The van der Waals surface area contributed by atoms with E-state index in [0.717, 1.165) is 37.1 Å². The molecule has 1 saturated carbocycles. The quantitative estimate of drug-likeness (QED) is 0.780. The van der Waals surface area contributed by atoms with Crippen molar-refractivity contribution in [3.8, 4) is 11.4 Å². The SMILES string of the molecule is O=C(NCc1cccc(-c2nn[nH]n2)c1)N(CC1CCC1)C[C@H]1CCCO1. The first kappa shape index (κ1) is 17.9. The van der Waals surface area contributed by atoms with Gasteiger partial charge < -0.3 is 15.0 Å². The summed E-state index contributed by atoms with van der Waals surface area (Å²) < 4.78 is 5.74. The van der Waals surface area contributed by atoms with Crippen LogP contribution in [0.2, 0.25) is 0 Å². The Hall–Kier alpha value is -2.48. The van der Waals surface area contributed by atoms with Crippen LogP contribution >= 0.6 is 0 Å². The molecule has 1 aliphatic carbocycles. The lowest BCUT2D eigenvalue weighted by molar-refractivity contribution is 0.0720. The van der Waals surface area contributed by atoms with E-state index in [1.54, 1.807) is 0 Å². The van der Waals surface area contributed by atoms with Gasteiger partial charge in [0.1, 0.15) is 0 Å². The molecule has 2 N–H and O–H groups in total. The molecule has 1 aliphatic heterocycles. The summed E-state index contributed by atoms with van der Waals surface area (Å²) in [5, 5.41) is 17.1. The van der Waals surface area contributed by atoms with E-state index >= 15 is 0 Å². The number of carbonyl (C=O) groups is 1. The zero-order chi connectivity index (χ0) is 18.5. The van der Waals surface area contributed by atoms with Crippen LogP contribution in [0.25, 0.3) is 11.4 Å². The van der Waals surface area contributed by atoms with Gasteiger partial charge in [0.05, 0.1) is 6.10 Å². The van der Waals surface area contributed by atoms with Crippen LogP contribution in [0.4, 0.5) is 4.79 Å². The fourth-order valence-electron chi connectivity index (χ4n) is 3.66. The second-order valence-corrected chi connectivity index (χ2v) is 7.43. The fourth-order valence-corrected chi connectivity index (χ4v) is 3.66. The molecule has 8 nitrogen and oxygen atoms in total. The third-order valence-corrected chi connectivity index (χ3v) is 5.41. The van der Waals surface area contributed by atoms with Crippen LogP contribution in [0.1, 0.15) is 37.7 Å². The van der Waals surface area contributed by atoms with E-state index in [4.69, 9.17) is 4.74 Å². The molecule has 2 amide bonds. The van der Waals surface area contributed by atoms with Crippen molar-refractivity contribution >= 4 is 6.03 Å². The van der Waals surface area contributed by atoms with E-state index in [-0.39, 0.29) is 12.1 Å². The summed E-state index contributed by atoms with van der Waals surface area (Å²) in [6.07, 6.45) is 6.04. The maximum Gasteiger partial charge on any atom is 0.317 e. The lowest BCUT2D eigenvalue weighted by atomic mass is 9.85. The molecule has 2 fully saturated rings. The molecule has 2 aromatic rings. The number of tetrazole rings is 1. The number of amides is 2. The zero-order valence-corrected chi connectivity index (χ0v) is 15.4. The molecule has 1 saturated heterocycles. The van der Waals surface area contributed by atoms with Crippen molar-refractivity contribution in [2.45, 2.75) is 44.8 Å². The number of rotatable bonds is 7. The van der Waals surface area contributed by atoms with Gasteiger partial charge >= 0.3 is 6.03 Å². The standard InChI is InChI=1S/C19H26N6O2/c26-19(25(12-14-4-1-5-14)13-17-8-3-9-27-17)20-11-15-6-2-7-16(10-15)18-21-23-24-22-18/h2,6-7,10,14,17H,1,3-5,8-9,11-13H2,(H,20,26)(H,21,22,23,24)/t17-/m1/s1. The van der Waals surface area contributed by atoms with Crippen LogP contribution in [0.15, 0.2) is 24.3 Å². The number of benzene rings is 1. The Labute approximate surface area is 158 Å². The van der Waals surface area contributed by atoms with Gasteiger partial charge in [0.25, 0.3) is 0 Å². The molecular formula is C19H26N6O2. The van der Waals surface area contributed by atoms with Crippen LogP contribution in [0.5, 0.6) is 0 Å². The number of aromatic amines is 1. The van der Waals surface area contributed by atoms with E-state index in [1.165, 1.54) is 19.3 Å². The zero-order valence-electron chi connectivity index (χ0n) is 15.4. The average Bonchev–Trinajstić information content (AvgIpc) is 3.35. The van der Waals surface area contributed by atoms with Crippen molar-refractivity contribution in [1.29, 1.82) is 0 Å². The number of nitrogens with one attached hydrogen (secondary N) is 2. The molecular weight excluding hydrogens is 344 g/mol. The summed E-state index contributed by atoms with van der Waals surface area (Å²) in [5.41, 5.74) is 1.88. The maximum absolute atomic E-state index is 12.8. The number of urea groups is 1. The number of hydrogen-bond donors (Lipinski definition) is 2. The molecule has 0 bridgehead atoms. The molecule has 0 unspecified atom stereocenters. The molecule has 1 atom stereocenters. The summed E-state index contributed by atoms with van der Waals surface area (Å²) in [4.78, 5) is 14.8. The van der Waals surface area contributed by atoms with E-state index in [2.05, 4.69) is 25.9 Å². The summed E-state index contributed by atoms with van der Waals surface area (Å²) in [6.45, 7) is 2.80. The molecule has 0 radical (unpaired) electrons. The number of ether oxygens (including phenoxy) is 1. The van der Waals surface area contributed by atoms with Crippen LogP contribution in [0.3, 0.4) is 0 Å². The Balaban J connectivity index is 1.36. The Morgan fingerprint density at radius 2 is 2.19 bits per heavy atom. The van der Waals surface area contributed by atoms with Crippen LogP contribution < -0.4 is 5.32 Å². The average molecular weight is 370 g/mol. The van der Waals surface area contributed by atoms with Crippen molar-refractivity contribution in [1.82, 2.24) is 30.8 Å². The third kappa shape index (κ3) is 4.63. The largest absolute Gasteiger partial charge is 0.376 e. The molecule has 2 aliphatic rings. The molecule has 1 aromatic carbocycles. The number of nitrogens with zero attached hydrogens (tertiary/aromatic N) is 4. The van der Waals surface area contributed by atoms with E-state index in [0.29, 0.717) is 24.8 Å². The Morgan fingerprint density at radius 3 is 2.89 bits per heavy atom. The Morgan fingerprint density at radius 1 is 1.26 bits per heavy atom. The minimum Gasteiger partial charge on any atom is -0.376 e. The topological polar surface area (TPSA) is 96.0 Å². The lowest BCUT2D eigenvalue weighted by Gasteiger charge is -2.33. The first-order valence-corrected chi connectivity index (χ1v) is 9.75. The molecule has 8 heteroatoms. The van der Waals surface area contributed by atoms with Gasteiger partial charge in [-0.3, -0.25) is 0 Å². The van der Waals surface area contributed by atoms with Crippen molar-refractivity contribution in [2.24, 2.45) is 5.92 Å². The normalized spacial score (nSPS) is 19.6. The predicted molar refractivity (Wildman–Crippen MR) is 99.7 cm³/mol. The Bertz CT molecular complexity index is 740. The molecule has 0 spiro atoms. The lowest BCUT2D eigenvalue weighted by Crippen LogP contribution is -2.46. The van der Waals surface area contributed by atoms with Gasteiger partial charge in [-0.2, -0.15) is 5.21 Å². The number of aromatic nitrogens is 4. The monoisotopic (exact) mass is 370 g/mol. The van der Waals surface area contributed by atoms with Crippen molar-refractivity contribution in [2.75, 3.05) is 19.7 Å². The van der Waals surface area contributed by atoms with E-state index in [9.17, 15) is 4.79 Å². The Kier molecular flexibility index (Phi) is 5.62. The van der Waals surface area contributed by atoms with Crippen molar-refractivity contribution < 1.29 is 9.53 Å². The van der Waals surface area contributed by atoms with Gasteiger partial charge in [0.15, 0.2) is 0 Å². The third-order valence-electron chi connectivity index (χ3n) is 5.41. The van der Waals surface area contributed by atoms with Crippen LogP contribution in [0, 0.1) is 5.92 Å². The molecule has 1 aromatic heterocycles. The van der Waals surface area contributed by atoms with E-state index < -0.39 is 0 Å². The highest BCUT2D eigenvalue weighted by atomic mass is 16.5.